The summed E-state index contributed by atoms with van der Waals surface area (Å²) in [5, 5.41) is 3.56. The zero-order valence-corrected chi connectivity index (χ0v) is 12.4. The SMILES string of the molecule is CC(c1ccccc1F)N(C)CCNC1CCOCC1. The fourth-order valence-corrected chi connectivity index (χ4v) is 2.59. The Bertz CT molecular complexity index is 407. The van der Waals surface area contributed by atoms with Gasteiger partial charge in [-0.2, -0.15) is 0 Å². The molecule has 0 bridgehead atoms. The summed E-state index contributed by atoms with van der Waals surface area (Å²) in [6.45, 7) is 5.61. The van der Waals surface area contributed by atoms with Crippen molar-refractivity contribution in [2.24, 2.45) is 0 Å². The van der Waals surface area contributed by atoms with Crippen molar-refractivity contribution in [3.05, 3.63) is 35.6 Å². The highest BCUT2D eigenvalue weighted by Gasteiger charge is 2.16. The van der Waals surface area contributed by atoms with Crippen LogP contribution in [0.4, 0.5) is 4.39 Å². The minimum atomic E-state index is -0.121. The van der Waals surface area contributed by atoms with Gasteiger partial charge in [-0.3, -0.25) is 4.90 Å². The molecule has 0 aromatic heterocycles. The first-order valence-corrected chi connectivity index (χ1v) is 7.44. The highest BCUT2D eigenvalue weighted by Crippen LogP contribution is 2.20. The molecule has 20 heavy (non-hydrogen) atoms. The molecule has 0 amide bonds. The van der Waals surface area contributed by atoms with E-state index in [1.165, 1.54) is 6.07 Å². The Hall–Kier alpha value is -0.970. The Labute approximate surface area is 121 Å². The van der Waals surface area contributed by atoms with Crippen molar-refractivity contribution >= 4 is 0 Å². The second kappa shape index (κ2) is 7.72. The van der Waals surface area contributed by atoms with Crippen molar-refractivity contribution in [1.29, 1.82) is 0 Å². The number of rotatable bonds is 6. The van der Waals surface area contributed by atoms with E-state index in [4.69, 9.17) is 4.74 Å². The Morgan fingerprint density at radius 3 is 2.75 bits per heavy atom. The first-order chi connectivity index (χ1) is 9.68. The van der Waals surface area contributed by atoms with Gasteiger partial charge in [0, 0.05) is 44.0 Å². The van der Waals surface area contributed by atoms with E-state index < -0.39 is 0 Å². The summed E-state index contributed by atoms with van der Waals surface area (Å²) in [5.74, 6) is -0.121. The lowest BCUT2D eigenvalue weighted by molar-refractivity contribution is 0.0771. The van der Waals surface area contributed by atoms with Crippen LogP contribution in [0.3, 0.4) is 0 Å². The third-order valence-electron chi connectivity index (χ3n) is 4.14. The van der Waals surface area contributed by atoms with Gasteiger partial charge in [-0.05, 0) is 32.9 Å². The molecule has 1 aromatic carbocycles. The number of benzene rings is 1. The van der Waals surface area contributed by atoms with Crippen molar-refractivity contribution in [3.63, 3.8) is 0 Å². The molecular weight excluding hydrogens is 255 g/mol. The molecule has 1 atom stereocenters. The fraction of sp³-hybridized carbons (Fsp3) is 0.625. The topological polar surface area (TPSA) is 24.5 Å². The minimum Gasteiger partial charge on any atom is -0.381 e. The monoisotopic (exact) mass is 280 g/mol. The van der Waals surface area contributed by atoms with Crippen molar-refractivity contribution < 1.29 is 9.13 Å². The summed E-state index contributed by atoms with van der Waals surface area (Å²) in [4.78, 5) is 2.19. The van der Waals surface area contributed by atoms with Crippen LogP contribution in [0.15, 0.2) is 24.3 Å². The van der Waals surface area contributed by atoms with Crippen LogP contribution in [-0.2, 0) is 4.74 Å². The Morgan fingerprint density at radius 1 is 1.35 bits per heavy atom. The smallest absolute Gasteiger partial charge is 0.127 e. The zero-order valence-electron chi connectivity index (χ0n) is 12.4. The van der Waals surface area contributed by atoms with Gasteiger partial charge in [-0.15, -0.1) is 0 Å². The molecule has 0 saturated carbocycles. The first-order valence-electron chi connectivity index (χ1n) is 7.44. The third kappa shape index (κ3) is 4.27. The Kier molecular flexibility index (Phi) is 5.95. The van der Waals surface area contributed by atoms with Gasteiger partial charge in [0.05, 0.1) is 0 Å². The minimum absolute atomic E-state index is 0.0905. The van der Waals surface area contributed by atoms with E-state index in [1.807, 2.05) is 26.1 Å². The van der Waals surface area contributed by atoms with Crippen LogP contribution >= 0.6 is 0 Å². The van der Waals surface area contributed by atoms with Crippen LogP contribution in [0, 0.1) is 5.82 Å². The average molecular weight is 280 g/mol. The Balaban J connectivity index is 1.76. The molecule has 1 fully saturated rings. The maximum atomic E-state index is 13.8. The van der Waals surface area contributed by atoms with Gasteiger partial charge in [0.15, 0.2) is 0 Å². The van der Waals surface area contributed by atoms with Crippen molar-refractivity contribution in [1.82, 2.24) is 10.2 Å². The molecule has 4 heteroatoms. The third-order valence-corrected chi connectivity index (χ3v) is 4.14. The lowest BCUT2D eigenvalue weighted by Crippen LogP contribution is -2.39. The number of nitrogens with zero attached hydrogens (tertiary/aromatic N) is 1. The molecule has 0 radical (unpaired) electrons. The van der Waals surface area contributed by atoms with Crippen LogP contribution in [-0.4, -0.2) is 44.3 Å². The maximum Gasteiger partial charge on any atom is 0.127 e. The highest BCUT2D eigenvalue weighted by atomic mass is 19.1. The summed E-state index contributed by atoms with van der Waals surface area (Å²) >= 11 is 0. The largest absolute Gasteiger partial charge is 0.381 e. The predicted octanol–water partition coefficient (Wildman–Crippen LogP) is 2.59. The molecule has 112 valence electrons. The molecule has 2 rings (SSSR count). The molecule has 0 aliphatic carbocycles. The van der Waals surface area contributed by atoms with E-state index >= 15 is 0 Å². The number of hydrogen-bond acceptors (Lipinski definition) is 3. The van der Waals surface area contributed by atoms with Crippen LogP contribution in [0.1, 0.15) is 31.4 Å². The standard InChI is InChI=1S/C16H25FN2O/c1-13(15-5-3-4-6-16(15)17)19(2)10-9-18-14-7-11-20-12-8-14/h3-6,13-14,18H,7-12H2,1-2H3. The summed E-state index contributed by atoms with van der Waals surface area (Å²) in [6.07, 6.45) is 2.18. The van der Waals surface area contributed by atoms with Gasteiger partial charge < -0.3 is 10.1 Å². The van der Waals surface area contributed by atoms with Gasteiger partial charge >= 0.3 is 0 Å². The number of nitrogens with one attached hydrogen (secondary N) is 1. The number of likely N-dealkylation sites (N-methyl/N-ethyl adjacent to an activating group) is 1. The van der Waals surface area contributed by atoms with Gasteiger partial charge in [-0.1, -0.05) is 18.2 Å². The highest BCUT2D eigenvalue weighted by molar-refractivity contribution is 5.20. The predicted molar refractivity (Wildman–Crippen MR) is 79.3 cm³/mol. The van der Waals surface area contributed by atoms with Gasteiger partial charge in [0.2, 0.25) is 0 Å². The number of ether oxygens (including phenoxy) is 1. The molecule has 0 spiro atoms. The number of halogens is 1. The summed E-state index contributed by atoms with van der Waals surface area (Å²) in [6, 6.07) is 7.68. The first kappa shape index (κ1) is 15.4. The molecule has 1 aromatic rings. The fourth-order valence-electron chi connectivity index (χ4n) is 2.59. The quantitative estimate of drug-likeness (QED) is 0.867. The Morgan fingerprint density at radius 2 is 2.05 bits per heavy atom. The molecule has 1 N–H and O–H groups in total. The van der Waals surface area contributed by atoms with E-state index in [9.17, 15) is 4.39 Å². The summed E-state index contributed by atoms with van der Waals surface area (Å²) in [7, 11) is 2.04. The van der Waals surface area contributed by atoms with Crippen molar-refractivity contribution in [3.8, 4) is 0 Å². The van der Waals surface area contributed by atoms with E-state index in [0.717, 1.165) is 44.7 Å². The van der Waals surface area contributed by atoms with Crippen LogP contribution in [0.2, 0.25) is 0 Å². The second-order valence-corrected chi connectivity index (χ2v) is 5.52. The summed E-state index contributed by atoms with van der Waals surface area (Å²) in [5.41, 5.74) is 0.765. The van der Waals surface area contributed by atoms with E-state index in [0.29, 0.717) is 6.04 Å². The van der Waals surface area contributed by atoms with Gasteiger partial charge in [0.1, 0.15) is 5.82 Å². The van der Waals surface area contributed by atoms with E-state index in [-0.39, 0.29) is 11.9 Å². The maximum absolute atomic E-state index is 13.8. The molecule has 3 nitrogen and oxygen atoms in total. The molecule has 1 heterocycles. The molecular formula is C16H25FN2O. The molecule has 1 aliphatic heterocycles. The normalized spacial score (nSPS) is 18.4. The average Bonchev–Trinajstić information content (AvgIpc) is 2.48. The van der Waals surface area contributed by atoms with Crippen molar-refractivity contribution in [2.75, 3.05) is 33.4 Å². The van der Waals surface area contributed by atoms with E-state index in [1.54, 1.807) is 6.07 Å². The van der Waals surface area contributed by atoms with Crippen LogP contribution < -0.4 is 5.32 Å². The lowest BCUT2D eigenvalue weighted by atomic mass is 10.1. The molecule has 1 saturated heterocycles. The lowest BCUT2D eigenvalue weighted by Gasteiger charge is -2.28. The summed E-state index contributed by atoms with van der Waals surface area (Å²) < 4.78 is 19.1. The zero-order chi connectivity index (χ0) is 14.4. The molecule has 1 unspecified atom stereocenters. The van der Waals surface area contributed by atoms with Crippen molar-refractivity contribution in [2.45, 2.75) is 31.8 Å². The van der Waals surface area contributed by atoms with Gasteiger partial charge in [-0.25, -0.2) is 4.39 Å². The number of hydrogen-bond donors (Lipinski definition) is 1. The van der Waals surface area contributed by atoms with Gasteiger partial charge in [0.25, 0.3) is 0 Å². The second-order valence-electron chi connectivity index (χ2n) is 5.52. The molecule has 1 aliphatic rings. The van der Waals surface area contributed by atoms with E-state index in [2.05, 4.69) is 10.2 Å². The van der Waals surface area contributed by atoms with Crippen LogP contribution in [0.5, 0.6) is 0 Å². The van der Waals surface area contributed by atoms with Crippen LogP contribution in [0.25, 0.3) is 0 Å².